The Hall–Kier alpha value is -2.16. The smallest absolute Gasteiger partial charge is 0.254 e. The van der Waals surface area contributed by atoms with Gasteiger partial charge < -0.3 is 11.1 Å². The zero-order chi connectivity index (χ0) is 16.9. The molecule has 0 saturated heterocycles. The van der Waals surface area contributed by atoms with Gasteiger partial charge in [0.15, 0.2) is 0 Å². The van der Waals surface area contributed by atoms with Gasteiger partial charge in [-0.2, -0.15) is 4.37 Å². The lowest BCUT2D eigenvalue weighted by Gasteiger charge is -2.04. The minimum absolute atomic E-state index is 0.353. The number of halogens is 1. The third-order valence-electron chi connectivity index (χ3n) is 2.99. The number of nitrogens with zero attached hydrogens (tertiary/aromatic N) is 3. The van der Waals surface area contributed by atoms with E-state index in [1.165, 1.54) is 11.8 Å². The summed E-state index contributed by atoms with van der Waals surface area (Å²) < 4.78 is 4.33. The first-order valence-electron chi connectivity index (χ1n) is 6.84. The molecule has 3 N–H and O–H groups in total. The van der Waals surface area contributed by atoms with Gasteiger partial charge in [-0.1, -0.05) is 35.5 Å². The number of hydrogen-bond donors (Lipinski definition) is 2. The quantitative estimate of drug-likeness (QED) is 0.636. The van der Waals surface area contributed by atoms with Crippen molar-refractivity contribution in [3.05, 3.63) is 58.9 Å². The number of thioether (sulfide) groups is 1. The normalized spacial score (nSPS) is 10.5. The maximum atomic E-state index is 11.8. The number of anilines is 2. The number of hydrogen-bond acceptors (Lipinski definition) is 7. The molecule has 0 aliphatic carbocycles. The Morgan fingerprint density at radius 1 is 1.25 bits per heavy atom. The van der Waals surface area contributed by atoms with Gasteiger partial charge in [0.05, 0.1) is 0 Å². The highest BCUT2D eigenvalue weighted by Crippen LogP contribution is 2.34. The van der Waals surface area contributed by atoms with E-state index in [1.807, 2.05) is 24.3 Å². The SMILES string of the molecule is NC(=O)c1c(SCc2ccc(Cl)cc2)nsc1Nc1ncccn1. The van der Waals surface area contributed by atoms with E-state index < -0.39 is 5.91 Å². The molecule has 0 atom stereocenters. The topological polar surface area (TPSA) is 93.8 Å². The number of rotatable bonds is 6. The molecule has 3 rings (SSSR count). The van der Waals surface area contributed by atoms with Crippen LogP contribution in [0.3, 0.4) is 0 Å². The molecule has 0 bridgehead atoms. The van der Waals surface area contributed by atoms with Crippen LogP contribution in [-0.2, 0) is 5.75 Å². The van der Waals surface area contributed by atoms with Crippen LogP contribution in [-0.4, -0.2) is 20.2 Å². The maximum Gasteiger partial charge on any atom is 0.254 e. The zero-order valence-electron chi connectivity index (χ0n) is 12.3. The zero-order valence-corrected chi connectivity index (χ0v) is 14.7. The van der Waals surface area contributed by atoms with Crippen LogP contribution in [0.4, 0.5) is 10.9 Å². The number of aromatic nitrogens is 3. The molecular weight excluding hydrogens is 366 g/mol. The first-order chi connectivity index (χ1) is 11.6. The summed E-state index contributed by atoms with van der Waals surface area (Å²) in [6.07, 6.45) is 3.22. The Bertz CT molecular complexity index is 839. The van der Waals surface area contributed by atoms with Crippen LogP contribution in [0.1, 0.15) is 15.9 Å². The number of carbonyl (C=O) groups is 1. The van der Waals surface area contributed by atoms with Gasteiger partial charge in [-0.3, -0.25) is 4.79 Å². The number of amides is 1. The fraction of sp³-hybridized carbons (Fsp3) is 0.0667. The predicted octanol–water partition coefficient (Wildman–Crippen LogP) is 3.72. The summed E-state index contributed by atoms with van der Waals surface area (Å²) in [7, 11) is 0. The molecule has 3 aromatic rings. The van der Waals surface area contributed by atoms with Gasteiger partial charge in [-0.25, -0.2) is 9.97 Å². The van der Waals surface area contributed by atoms with Crippen LogP contribution in [0.5, 0.6) is 0 Å². The van der Waals surface area contributed by atoms with Gasteiger partial charge in [-0.05, 0) is 35.3 Å². The van der Waals surface area contributed by atoms with Gasteiger partial charge >= 0.3 is 0 Å². The van der Waals surface area contributed by atoms with Crippen molar-refractivity contribution in [1.82, 2.24) is 14.3 Å². The summed E-state index contributed by atoms with van der Waals surface area (Å²) >= 11 is 8.47. The van der Waals surface area contributed by atoms with Crippen molar-refractivity contribution in [2.45, 2.75) is 10.8 Å². The third kappa shape index (κ3) is 4.02. The van der Waals surface area contributed by atoms with E-state index in [1.54, 1.807) is 18.5 Å². The van der Waals surface area contributed by atoms with E-state index in [2.05, 4.69) is 19.7 Å². The molecule has 0 spiro atoms. The summed E-state index contributed by atoms with van der Waals surface area (Å²) in [6.45, 7) is 0. The van der Waals surface area contributed by atoms with E-state index in [9.17, 15) is 4.79 Å². The molecule has 0 fully saturated rings. The van der Waals surface area contributed by atoms with E-state index in [0.29, 0.717) is 32.3 Å². The second kappa shape index (κ2) is 7.61. The molecule has 1 amide bonds. The summed E-state index contributed by atoms with van der Waals surface area (Å²) in [6, 6.07) is 9.23. The highest BCUT2D eigenvalue weighted by molar-refractivity contribution is 7.98. The first-order valence-corrected chi connectivity index (χ1v) is 8.98. The van der Waals surface area contributed by atoms with Crippen molar-refractivity contribution >= 4 is 51.8 Å². The Morgan fingerprint density at radius 2 is 1.96 bits per heavy atom. The van der Waals surface area contributed by atoms with Gasteiger partial charge in [0.2, 0.25) is 5.95 Å². The van der Waals surface area contributed by atoms with Crippen LogP contribution in [0.2, 0.25) is 5.02 Å². The Balaban J connectivity index is 1.78. The van der Waals surface area contributed by atoms with Gasteiger partial charge in [0.25, 0.3) is 5.91 Å². The van der Waals surface area contributed by atoms with Crippen LogP contribution in [0, 0.1) is 0 Å². The molecule has 0 saturated carbocycles. The molecule has 0 unspecified atom stereocenters. The molecule has 2 heterocycles. The number of primary amides is 1. The second-order valence-corrected chi connectivity index (χ2v) is 6.84. The Morgan fingerprint density at radius 3 is 2.62 bits per heavy atom. The first kappa shape index (κ1) is 16.7. The maximum absolute atomic E-state index is 11.8. The molecule has 0 radical (unpaired) electrons. The number of carbonyl (C=O) groups excluding carboxylic acids is 1. The lowest BCUT2D eigenvalue weighted by molar-refractivity contribution is 0.0998. The lowest BCUT2D eigenvalue weighted by atomic mass is 10.2. The Labute approximate surface area is 151 Å². The van der Waals surface area contributed by atoms with Gasteiger partial charge in [0, 0.05) is 23.2 Å². The number of nitrogens with one attached hydrogen (secondary N) is 1. The fourth-order valence-corrected chi connectivity index (χ4v) is 3.92. The molecule has 6 nitrogen and oxygen atoms in total. The molecule has 0 aliphatic rings. The van der Waals surface area contributed by atoms with Crippen molar-refractivity contribution in [2.24, 2.45) is 5.73 Å². The summed E-state index contributed by atoms with van der Waals surface area (Å²) in [4.78, 5) is 20.0. The van der Waals surface area contributed by atoms with Crippen molar-refractivity contribution in [2.75, 3.05) is 5.32 Å². The van der Waals surface area contributed by atoms with Gasteiger partial charge in [0.1, 0.15) is 15.6 Å². The van der Waals surface area contributed by atoms with Crippen LogP contribution in [0.25, 0.3) is 0 Å². The predicted molar refractivity (Wildman–Crippen MR) is 97.0 cm³/mol. The second-order valence-electron chi connectivity index (χ2n) is 4.67. The van der Waals surface area contributed by atoms with Crippen molar-refractivity contribution in [1.29, 1.82) is 0 Å². The van der Waals surface area contributed by atoms with Crippen LogP contribution in [0.15, 0.2) is 47.8 Å². The van der Waals surface area contributed by atoms with E-state index in [-0.39, 0.29) is 0 Å². The molecule has 0 aliphatic heterocycles. The molecule has 2 aromatic heterocycles. The molecule has 9 heteroatoms. The highest BCUT2D eigenvalue weighted by Gasteiger charge is 2.20. The standard InChI is InChI=1S/C15H12ClN5OS2/c16-10-4-2-9(3-5-10)8-23-14-11(12(17)22)13(24-21-14)20-15-18-6-1-7-19-15/h1-7H,8H2,(H2,17,22)(H,18,19,20). The monoisotopic (exact) mass is 377 g/mol. The van der Waals surface area contributed by atoms with Crippen molar-refractivity contribution < 1.29 is 4.79 Å². The average molecular weight is 378 g/mol. The number of nitrogens with two attached hydrogens (primary N) is 1. The molecule has 122 valence electrons. The van der Waals surface area contributed by atoms with Crippen LogP contribution < -0.4 is 11.1 Å². The fourth-order valence-electron chi connectivity index (χ4n) is 1.87. The molecule has 1 aromatic carbocycles. The third-order valence-corrected chi connectivity index (χ3v) is 5.16. The largest absolute Gasteiger partial charge is 0.365 e. The average Bonchev–Trinajstić information content (AvgIpc) is 2.98. The Kier molecular flexibility index (Phi) is 5.29. The minimum Gasteiger partial charge on any atom is -0.365 e. The van der Waals surface area contributed by atoms with Gasteiger partial charge in [-0.15, -0.1) is 0 Å². The summed E-state index contributed by atoms with van der Waals surface area (Å²) in [5.74, 6) is 0.501. The summed E-state index contributed by atoms with van der Waals surface area (Å²) in [5.41, 5.74) is 6.95. The van der Waals surface area contributed by atoms with Crippen LogP contribution >= 0.6 is 34.9 Å². The lowest BCUT2D eigenvalue weighted by Crippen LogP contribution is -2.13. The van der Waals surface area contributed by atoms with Crippen molar-refractivity contribution in [3.63, 3.8) is 0 Å². The molecular formula is C15H12ClN5OS2. The highest BCUT2D eigenvalue weighted by atomic mass is 35.5. The summed E-state index contributed by atoms with van der Waals surface area (Å²) in [5, 5.41) is 4.79. The van der Waals surface area contributed by atoms with Crippen molar-refractivity contribution in [3.8, 4) is 0 Å². The van der Waals surface area contributed by atoms with E-state index in [0.717, 1.165) is 17.1 Å². The molecule has 24 heavy (non-hydrogen) atoms. The number of benzene rings is 1. The van der Waals surface area contributed by atoms with E-state index >= 15 is 0 Å². The van der Waals surface area contributed by atoms with E-state index in [4.69, 9.17) is 17.3 Å². The minimum atomic E-state index is -0.541.